The molecule has 0 bridgehead atoms. The largest absolute Gasteiger partial charge is 0.355 e. The first-order valence-electron chi connectivity index (χ1n) is 7.11. The fraction of sp³-hybridized carbons (Fsp3) is 0.929. The lowest BCUT2D eigenvalue weighted by molar-refractivity contribution is -0.122. The molecule has 3 heteroatoms. The van der Waals surface area contributed by atoms with E-state index in [4.69, 9.17) is 5.73 Å². The highest BCUT2D eigenvalue weighted by Crippen LogP contribution is 2.05. The molecule has 0 aliphatic heterocycles. The van der Waals surface area contributed by atoms with E-state index < -0.39 is 0 Å². The molecule has 0 rings (SSSR count). The van der Waals surface area contributed by atoms with Crippen molar-refractivity contribution in [3.8, 4) is 0 Å². The van der Waals surface area contributed by atoms with Crippen LogP contribution in [0, 0.1) is 5.92 Å². The summed E-state index contributed by atoms with van der Waals surface area (Å²) in [5, 5.41) is 2.91. The summed E-state index contributed by atoms with van der Waals surface area (Å²) in [5.41, 5.74) is 5.79. The van der Waals surface area contributed by atoms with Crippen molar-refractivity contribution >= 4 is 5.91 Å². The Bertz CT molecular complexity index is 193. The Kier molecular flexibility index (Phi) is 10.2. The molecule has 0 spiro atoms. The van der Waals surface area contributed by atoms with Gasteiger partial charge in [0.25, 0.3) is 0 Å². The van der Waals surface area contributed by atoms with Gasteiger partial charge in [0.15, 0.2) is 0 Å². The maximum Gasteiger partial charge on any atom is 0.236 e. The highest BCUT2D eigenvalue weighted by atomic mass is 16.2. The van der Waals surface area contributed by atoms with Gasteiger partial charge in [-0.2, -0.15) is 0 Å². The highest BCUT2D eigenvalue weighted by Gasteiger charge is 2.13. The zero-order valence-electron chi connectivity index (χ0n) is 11.8. The van der Waals surface area contributed by atoms with Crippen LogP contribution >= 0.6 is 0 Å². The van der Waals surface area contributed by atoms with Crippen LogP contribution in [0.15, 0.2) is 0 Å². The molecule has 102 valence electrons. The van der Waals surface area contributed by atoms with Crippen LogP contribution < -0.4 is 11.1 Å². The lowest BCUT2D eigenvalue weighted by atomic mass is 10.0. The van der Waals surface area contributed by atoms with Gasteiger partial charge in [-0.3, -0.25) is 4.79 Å². The Morgan fingerprint density at radius 1 is 1.12 bits per heavy atom. The number of hydrogen-bond donors (Lipinski definition) is 2. The van der Waals surface area contributed by atoms with Gasteiger partial charge in [-0.05, 0) is 18.8 Å². The van der Waals surface area contributed by atoms with Gasteiger partial charge >= 0.3 is 0 Å². The third-order valence-electron chi connectivity index (χ3n) is 2.89. The number of rotatable bonds is 10. The average molecular weight is 242 g/mol. The molecule has 0 aliphatic rings. The van der Waals surface area contributed by atoms with Crippen molar-refractivity contribution in [2.24, 2.45) is 11.7 Å². The zero-order valence-corrected chi connectivity index (χ0v) is 11.8. The third-order valence-corrected chi connectivity index (χ3v) is 2.89. The number of carbonyl (C=O) groups is 1. The van der Waals surface area contributed by atoms with E-state index in [-0.39, 0.29) is 11.9 Å². The Morgan fingerprint density at radius 2 is 1.71 bits per heavy atom. The standard InChI is InChI=1S/C14H30N2O/c1-4-5-6-7-8-9-10-16-14(17)13(15)11-12(2)3/h12-13H,4-11,15H2,1-3H3,(H,16,17). The van der Waals surface area contributed by atoms with Crippen LogP contribution in [-0.4, -0.2) is 18.5 Å². The predicted molar refractivity (Wildman–Crippen MR) is 73.8 cm³/mol. The van der Waals surface area contributed by atoms with Crippen molar-refractivity contribution in [1.82, 2.24) is 5.32 Å². The molecule has 3 N–H and O–H groups in total. The number of carbonyl (C=O) groups excluding carboxylic acids is 1. The van der Waals surface area contributed by atoms with Crippen LogP contribution in [0.25, 0.3) is 0 Å². The topological polar surface area (TPSA) is 55.1 Å². The molecule has 3 nitrogen and oxygen atoms in total. The van der Waals surface area contributed by atoms with Gasteiger partial charge in [0, 0.05) is 6.54 Å². The second-order valence-corrected chi connectivity index (χ2v) is 5.29. The van der Waals surface area contributed by atoms with Crippen LogP contribution in [0.1, 0.15) is 65.7 Å². The first-order chi connectivity index (χ1) is 8.07. The van der Waals surface area contributed by atoms with Crippen LogP contribution in [0.4, 0.5) is 0 Å². The van der Waals surface area contributed by atoms with Crippen LogP contribution in [-0.2, 0) is 4.79 Å². The van der Waals surface area contributed by atoms with Crippen LogP contribution in [0.3, 0.4) is 0 Å². The molecule has 0 aromatic heterocycles. The summed E-state index contributed by atoms with van der Waals surface area (Å²) < 4.78 is 0. The van der Waals surface area contributed by atoms with E-state index in [9.17, 15) is 4.79 Å². The van der Waals surface area contributed by atoms with E-state index >= 15 is 0 Å². The van der Waals surface area contributed by atoms with Crippen molar-refractivity contribution in [3.63, 3.8) is 0 Å². The van der Waals surface area contributed by atoms with Crippen LogP contribution in [0.2, 0.25) is 0 Å². The molecule has 0 aliphatic carbocycles. The number of amides is 1. The summed E-state index contributed by atoms with van der Waals surface area (Å²) >= 11 is 0. The molecule has 0 radical (unpaired) electrons. The Hall–Kier alpha value is -0.570. The summed E-state index contributed by atoms with van der Waals surface area (Å²) in [5.74, 6) is 0.483. The minimum absolute atomic E-state index is 0.00672. The SMILES string of the molecule is CCCCCCCCNC(=O)C(N)CC(C)C. The Morgan fingerprint density at radius 3 is 2.29 bits per heavy atom. The van der Waals surface area contributed by atoms with Crippen molar-refractivity contribution in [2.75, 3.05) is 6.54 Å². The average Bonchev–Trinajstić information content (AvgIpc) is 2.26. The minimum atomic E-state index is -0.338. The lowest BCUT2D eigenvalue weighted by Crippen LogP contribution is -2.41. The summed E-state index contributed by atoms with van der Waals surface area (Å²) in [6, 6.07) is -0.338. The molecule has 0 aromatic carbocycles. The number of nitrogens with one attached hydrogen (secondary N) is 1. The maximum atomic E-state index is 11.6. The first kappa shape index (κ1) is 16.4. The second-order valence-electron chi connectivity index (χ2n) is 5.29. The van der Waals surface area contributed by atoms with E-state index in [0.29, 0.717) is 5.92 Å². The fourth-order valence-electron chi connectivity index (χ4n) is 1.86. The molecule has 17 heavy (non-hydrogen) atoms. The molecule has 1 unspecified atom stereocenters. The van der Waals surface area contributed by atoms with E-state index in [1.165, 1.54) is 32.1 Å². The Labute approximate surface area is 107 Å². The lowest BCUT2D eigenvalue weighted by Gasteiger charge is -2.13. The van der Waals surface area contributed by atoms with Gasteiger partial charge in [-0.1, -0.05) is 52.9 Å². The fourth-order valence-corrected chi connectivity index (χ4v) is 1.86. The monoisotopic (exact) mass is 242 g/mol. The van der Waals surface area contributed by atoms with Crippen molar-refractivity contribution < 1.29 is 4.79 Å². The summed E-state index contributed by atoms with van der Waals surface area (Å²) in [6.45, 7) is 7.16. The molecule has 0 saturated heterocycles. The Balaban J connectivity index is 3.38. The van der Waals surface area contributed by atoms with E-state index in [1.807, 2.05) is 0 Å². The normalized spacial score (nSPS) is 12.8. The molecule has 0 aromatic rings. The summed E-state index contributed by atoms with van der Waals surface area (Å²) in [7, 11) is 0. The van der Waals surface area contributed by atoms with Gasteiger partial charge < -0.3 is 11.1 Å². The van der Waals surface area contributed by atoms with Gasteiger partial charge in [-0.25, -0.2) is 0 Å². The second kappa shape index (κ2) is 10.6. The maximum absolute atomic E-state index is 11.6. The van der Waals surface area contributed by atoms with Crippen LogP contribution in [0.5, 0.6) is 0 Å². The number of unbranched alkanes of at least 4 members (excludes halogenated alkanes) is 5. The van der Waals surface area contributed by atoms with Crippen molar-refractivity contribution in [1.29, 1.82) is 0 Å². The van der Waals surface area contributed by atoms with Gasteiger partial charge in [0.05, 0.1) is 6.04 Å². The molecular weight excluding hydrogens is 212 g/mol. The van der Waals surface area contributed by atoms with E-state index in [1.54, 1.807) is 0 Å². The molecular formula is C14H30N2O. The van der Waals surface area contributed by atoms with Crippen molar-refractivity contribution in [3.05, 3.63) is 0 Å². The third kappa shape index (κ3) is 10.3. The number of hydrogen-bond acceptors (Lipinski definition) is 2. The zero-order chi connectivity index (χ0) is 13.1. The van der Waals surface area contributed by atoms with E-state index in [0.717, 1.165) is 19.4 Å². The molecule has 1 atom stereocenters. The quantitative estimate of drug-likeness (QED) is 0.579. The highest BCUT2D eigenvalue weighted by molar-refractivity contribution is 5.81. The summed E-state index contributed by atoms with van der Waals surface area (Å²) in [4.78, 5) is 11.6. The van der Waals surface area contributed by atoms with Gasteiger partial charge in [0.1, 0.15) is 0 Å². The first-order valence-corrected chi connectivity index (χ1v) is 7.11. The molecule has 0 fully saturated rings. The molecule has 1 amide bonds. The molecule has 0 heterocycles. The van der Waals surface area contributed by atoms with Gasteiger partial charge in [-0.15, -0.1) is 0 Å². The van der Waals surface area contributed by atoms with Crippen molar-refractivity contribution in [2.45, 2.75) is 71.8 Å². The number of nitrogens with two attached hydrogens (primary N) is 1. The summed E-state index contributed by atoms with van der Waals surface area (Å²) in [6.07, 6.45) is 8.25. The smallest absolute Gasteiger partial charge is 0.236 e. The minimum Gasteiger partial charge on any atom is -0.355 e. The van der Waals surface area contributed by atoms with Gasteiger partial charge in [0.2, 0.25) is 5.91 Å². The predicted octanol–water partition coefficient (Wildman–Crippen LogP) is 2.84. The molecule has 0 saturated carbocycles. The van der Waals surface area contributed by atoms with E-state index in [2.05, 4.69) is 26.1 Å².